The Morgan fingerprint density at radius 1 is 1.12 bits per heavy atom. The molecule has 3 rings (SSSR count). The number of aliphatic hydroxyl groups is 1. The third kappa shape index (κ3) is 3.32. The first-order valence-corrected chi connectivity index (χ1v) is 9.13. The molecule has 1 N–H and O–H groups in total. The Bertz CT molecular complexity index is 624. The van der Waals surface area contributed by atoms with Gasteiger partial charge in [0.1, 0.15) is 0 Å². The van der Waals surface area contributed by atoms with E-state index in [1.54, 1.807) is 6.92 Å². The normalized spacial score (nSPS) is 43.1. The molecule has 0 aromatic carbocycles. The average molecular weight is 348 g/mol. The van der Waals surface area contributed by atoms with Crippen molar-refractivity contribution in [3.63, 3.8) is 0 Å². The summed E-state index contributed by atoms with van der Waals surface area (Å²) in [6.45, 7) is 11.6. The summed E-state index contributed by atoms with van der Waals surface area (Å²) in [5.74, 6) is -0.826. The highest BCUT2D eigenvalue weighted by Crippen LogP contribution is 2.42. The minimum Gasteiger partial charge on any atom is -0.448 e. The van der Waals surface area contributed by atoms with E-state index in [0.29, 0.717) is 31.3 Å². The van der Waals surface area contributed by atoms with Crippen molar-refractivity contribution >= 4 is 11.8 Å². The molecule has 5 heteroatoms. The molecule has 0 unspecified atom stereocenters. The molecule has 138 valence electrons. The van der Waals surface area contributed by atoms with Crippen LogP contribution in [0, 0.1) is 5.92 Å². The van der Waals surface area contributed by atoms with Crippen molar-refractivity contribution in [2.75, 3.05) is 0 Å². The minimum absolute atomic E-state index is 0.0870. The topological polar surface area (TPSA) is 72.8 Å². The lowest BCUT2D eigenvalue weighted by molar-refractivity contribution is -0.161. The van der Waals surface area contributed by atoms with E-state index in [0.717, 1.165) is 18.4 Å². The maximum absolute atomic E-state index is 12.7. The lowest BCUT2D eigenvalue weighted by atomic mass is 9.81. The van der Waals surface area contributed by atoms with Crippen LogP contribution in [0.1, 0.15) is 58.8 Å². The van der Waals surface area contributed by atoms with Crippen LogP contribution in [0.5, 0.6) is 0 Å². The van der Waals surface area contributed by atoms with Crippen LogP contribution in [0.2, 0.25) is 0 Å². The van der Waals surface area contributed by atoms with Crippen molar-refractivity contribution in [1.82, 2.24) is 0 Å². The Morgan fingerprint density at radius 2 is 1.84 bits per heavy atom. The first-order valence-electron chi connectivity index (χ1n) is 9.13. The lowest BCUT2D eigenvalue weighted by Crippen LogP contribution is -2.41. The zero-order chi connectivity index (χ0) is 18.4. The molecule has 0 aliphatic carbocycles. The molecule has 0 spiro atoms. The maximum Gasteiger partial charge on any atom is 0.334 e. The molecule has 0 radical (unpaired) electrons. The highest BCUT2D eigenvalue weighted by Gasteiger charge is 2.47. The fraction of sp³-hybridized carbons (Fsp3) is 0.700. The molecule has 3 saturated heterocycles. The van der Waals surface area contributed by atoms with Crippen LogP contribution in [0.25, 0.3) is 0 Å². The molecule has 0 saturated carbocycles. The summed E-state index contributed by atoms with van der Waals surface area (Å²) in [4.78, 5) is 25.1. The number of Topliss-reactive ketones (excluding diaryl/α,β-unsaturated/α-hetero) is 1. The van der Waals surface area contributed by atoms with Gasteiger partial charge in [-0.1, -0.05) is 13.2 Å². The van der Waals surface area contributed by atoms with E-state index < -0.39 is 23.3 Å². The fourth-order valence-electron chi connectivity index (χ4n) is 4.18. The summed E-state index contributed by atoms with van der Waals surface area (Å²) in [5, 5.41) is 10.8. The number of aliphatic hydroxyl groups excluding tert-OH is 1. The largest absolute Gasteiger partial charge is 0.448 e. The predicted molar refractivity (Wildman–Crippen MR) is 92.9 cm³/mol. The second-order valence-corrected chi connectivity index (χ2v) is 8.17. The summed E-state index contributed by atoms with van der Waals surface area (Å²) in [6, 6.07) is 0. The Hall–Kier alpha value is -1.46. The van der Waals surface area contributed by atoms with Gasteiger partial charge in [0.15, 0.2) is 11.4 Å². The summed E-state index contributed by atoms with van der Waals surface area (Å²) < 4.78 is 11.7. The Morgan fingerprint density at radius 3 is 2.56 bits per heavy atom. The first kappa shape index (κ1) is 18.3. The van der Waals surface area contributed by atoms with Crippen LogP contribution < -0.4 is 0 Å². The molecule has 3 heterocycles. The zero-order valence-electron chi connectivity index (χ0n) is 15.2. The highest BCUT2D eigenvalue weighted by atomic mass is 16.6. The van der Waals surface area contributed by atoms with Gasteiger partial charge in [-0.3, -0.25) is 4.79 Å². The molecule has 5 atom stereocenters. The molecule has 25 heavy (non-hydrogen) atoms. The summed E-state index contributed by atoms with van der Waals surface area (Å²) in [6.07, 6.45) is 2.88. The average Bonchev–Trinajstić information content (AvgIpc) is 2.93. The molecule has 3 aliphatic rings. The van der Waals surface area contributed by atoms with Gasteiger partial charge >= 0.3 is 5.97 Å². The number of hydrogen-bond acceptors (Lipinski definition) is 5. The van der Waals surface area contributed by atoms with Gasteiger partial charge in [0, 0.05) is 12.0 Å². The molecule has 3 aliphatic heterocycles. The van der Waals surface area contributed by atoms with Crippen LogP contribution in [-0.2, 0) is 19.1 Å². The molecule has 0 aromatic heterocycles. The van der Waals surface area contributed by atoms with Gasteiger partial charge in [0.25, 0.3) is 0 Å². The Balaban J connectivity index is 1.94. The van der Waals surface area contributed by atoms with E-state index in [1.807, 2.05) is 6.92 Å². The SMILES string of the molecule is C=C1C(=O)O[C@]2(C)CC[C@@H]1C[C@H](O)[C@@]1(C)CC[C@H](O1)C(=C)CCC2=O. The number of fused-ring (bicyclic) bond motifs is 5. The number of ketones is 1. The van der Waals surface area contributed by atoms with E-state index >= 15 is 0 Å². The van der Waals surface area contributed by atoms with Crippen LogP contribution in [0.3, 0.4) is 0 Å². The quantitative estimate of drug-likeness (QED) is 0.414. The second kappa shape index (κ2) is 6.36. The molecular formula is C20H28O5. The van der Waals surface area contributed by atoms with Crippen molar-refractivity contribution in [2.24, 2.45) is 5.92 Å². The third-order valence-electron chi connectivity index (χ3n) is 6.29. The van der Waals surface area contributed by atoms with Crippen molar-refractivity contribution in [2.45, 2.75) is 82.2 Å². The standard InChI is InChI=1S/C20H28O5/c1-12-5-6-16(21)19(3)9-7-14(13(2)18(23)25-19)11-17(22)20(4)10-8-15(12)24-20/h14-15,17,22H,1-2,5-11H2,3-4H3/t14-,15+,17+,19-,20-/m1/s1. The van der Waals surface area contributed by atoms with Crippen molar-refractivity contribution in [1.29, 1.82) is 0 Å². The van der Waals surface area contributed by atoms with E-state index in [2.05, 4.69) is 13.2 Å². The molecule has 3 fully saturated rings. The minimum atomic E-state index is -1.13. The summed E-state index contributed by atoms with van der Waals surface area (Å²) in [5.41, 5.74) is -0.575. The summed E-state index contributed by atoms with van der Waals surface area (Å²) >= 11 is 0. The summed E-state index contributed by atoms with van der Waals surface area (Å²) in [7, 11) is 0. The second-order valence-electron chi connectivity index (χ2n) is 8.17. The fourth-order valence-corrected chi connectivity index (χ4v) is 4.18. The van der Waals surface area contributed by atoms with Crippen LogP contribution in [0.15, 0.2) is 24.3 Å². The zero-order valence-corrected chi connectivity index (χ0v) is 15.2. The van der Waals surface area contributed by atoms with Gasteiger partial charge in [0.2, 0.25) is 0 Å². The van der Waals surface area contributed by atoms with Gasteiger partial charge < -0.3 is 14.6 Å². The number of rotatable bonds is 0. The number of esters is 1. The highest BCUT2D eigenvalue weighted by molar-refractivity contribution is 5.94. The Kier molecular flexibility index (Phi) is 4.67. The van der Waals surface area contributed by atoms with E-state index in [1.165, 1.54) is 0 Å². The van der Waals surface area contributed by atoms with Gasteiger partial charge in [0.05, 0.1) is 17.8 Å². The number of ether oxygens (including phenoxy) is 2. The first-order chi connectivity index (χ1) is 11.6. The van der Waals surface area contributed by atoms with Gasteiger partial charge in [-0.2, -0.15) is 0 Å². The van der Waals surface area contributed by atoms with Crippen LogP contribution in [0.4, 0.5) is 0 Å². The van der Waals surface area contributed by atoms with Gasteiger partial charge in [-0.15, -0.1) is 0 Å². The maximum atomic E-state index is 12.7. The third-order valence-corrected chi connectivity index (χ3v) is 6.29. The van der Waals surface area contributed by atoms with E-state index in [4.69, 9.17) is 9.47 Å². The predicted octanol–water partition coefficient (Wildman–Crippen LogP) is 2.86. The number of carbonyl (C=O) groups excluding carboxylic acids is 2. The van der Waals surface area contributed by atoms with Gasteiger partial charge in [-0.25, -0.2) is 4.79 Å². The van der Waals surface area contributed by atoms with Crippen molar-refractivity contribution in [3.05, 3.63) is 24.3 Å². The molecule has 4 bridgehead atoms. The molecule has 0 aromatic rings. The molecule has 5 nitrogen and oxygen atoms in total. The Labute approximate surface area is 149 Å². The van der Waals surface area contributed by atoms with E-state index in [-0.39, 0.29) is 24.2 Å². The monoisotopic (exact) mass is 348 g/mol. The molecule has 0 amide bonds. The number of hydrogen-bond donors (Lipinski definition) is 1. The molecular weight excluding hydrogens is 320 g/mol. The van der Waals surface area contributed by atoms with Crippen molar-refractivity contribution < 1.29 is 24.2 Å². The van der Waals surface area contributed by atoms with Gasteiger partial charge in [-0.05, 0) is 63.9 Å². The van der Waals surface area contributed by atoms with E-state index in [9.17, 15) is 14.7 Å². The number of carbonyl (C=O) groups is 2. The van der Waals surface area contributed by atoms with Crippen LogP contribution >= 0.6 is 0 Å². The van der Waals surface area contributed by atoms with Crippen LogP contribution in [-0.4, -0.2) is 40.3 Å². The lowest BCUT2D eigenvalue weighted by Gasteiger charge is -2.33. The van der Waals surface area contributed by atoms with Crippen molar-refractivity contribution in [3.8, 4) is 0 Å². The smallest absolute Gasteiger partial charge is 0.334 e.